The molecule has 0 aliphatic heterocycles. The van der Waals surface area contributed by atoms with Crippen molar-refractivity contribution in [2.24, 2.45) is 0 Å². The molecule has 2 rings (SSSR count). The van der Waals surface area contributed by atoms with Crippen molar-refractivity contribution in [3.63, 3.8) is 0 Å². The first-order valence-corrected chi connectivity index (χ1v) is 6.32. The Kier molecular flexibility index (Phi) is 3.94. The smallest absolute Gasteiger partial charge is 0.172 e. The van der Waals surface area contributed by atoms with Crippen molar-refractivity contribution in [3.05, 3.63) is 35.7 Å². The van der Waals surface area contributed by atoms with Crippen LogP contribution in [0.4, 0.5) is 0 Å². The Balaban J connectivity index is 2.59. The van der Waals surface area contributed by atoms with Gasteiger partial charge < -0.3 is 4.74 Å². The van der Waals surface area contributed by atoms with Crippen LogP contribution in [0, 0.1) is 0 Å². The lowest BCUT2D eigenvalue weighted by atomic mass is 10.1. The standard InChI is InChI=1S/C14H17N3O2/c1-4-19-13-8-6-5-7-12(13)17-14(10(2)3)11(9-18)15-16-17/h5-10H,4H2,1-3H3. The molecule has 5 heteroatoms. The number of carbonyl (C=O) groups is 1. The minimum Gasteiger partial charge on any atom is -0.492 e. The number of aromatic nitrogens is 3. The molecule has 0 amide bonds. The molecule has 0 atom stereocenters. The third-order valence-corrected chi connectivity index (χ3v) is 2.78. The van der Waals surface area contributed by atoms with E-state index in [1.165, 1.54) is 0 Å². The van der Waals surface area contributed by atoms with Gasteiger partial charge in [-0.3, -0.25) is 4.79 Å². The topological polar surface area (TPSA) is 57.0 Å². The van der Waals surface area contributed by atoms with Gasteiger partial charge in [0, 0.05) is 0 Å². The summed E-state index contributed by atoms with van der Waals surface area (Å²) < 4.78 is 7.27. The Labute approximate surface area is 112 Å². The van der Waals surface area contributed by atoms with Crippen molar-refractivity contribution >= 4 is 6.29 Å². The Bertz CT molecular complexity index is 576. The number of hydrogen-bond acceptors (Lipinski definition) is 4. The number of benzene rings is 1. The maximum Gasteiger partial charge on any atom is 0.172 e. The Morgan fingerprint density at radius 1 is 1.37 bits per heavy atom. The fourth-order valence-electron chi connectivity index (χ4n) is 2.01. The van der Waals surface area contributed by atoms with Crippen LogP contribution in [0.1, 0.15) is 42.9 Å². The molecule has 0 saturated carbocycles. The van der Waals surface area contributed by atoms with Crippen molar-refractivity contribution in [2.75, 3.05) is 6.61 Å². The predicted octanol–water partition coefficient (Wildman–Crippen LogP) is 2.60. The number of hydrogen-bond donors (Lipinski definition) is 0. The Hall–Kier alpha value is -2.17. The minimum absolute atomic E-state index is 0.143. The van der Waals surface area contributed by atoms with Gasteiger partial charge in [-0.1, -0.05) is 31.2 Å². The molecule has 0 spiro atoms. The first-order valence-electron chi connectivity index (χ1n) is 6.32. The monoisotopic (exact) mass is 259 g/mol. The van der Waals surface area contributed by atoms with E-state index in [0.29, 0.717) is 12.3 Å². The van der Waals surface area contributed by atoms with E-state index < -0.39 is 0 Å². The lowest BCUT2D eigenvalue weighted by Crippen LogP contribution is -2.07. The number of aldehydes is 1. The second-order valence-electron chi connectivity index (χ2n) is 4.45. The highest BCUT2D eigenvalue weighted by molar-refractivity contribution is 5.74. The fraction of sp³-hybridized carbons (Fsp3) is 0.357. The summed E-state index contributed by atoms with van der Waals surface area (Å²) in [5.41, 5.74) is 1.97. The zero-order valence-electron chi connectivity index (χ0n) is 11.3. The van der Waals surface area contributed by atoms with Crippen molar-refractivity contribution in [3.8, 4) is 11.4 Å². The Morgan fingerprint density at radius 3 is 2.74 bits per heavy atom. The number of ether oxygens (including phenoxy) is 1. The SMILES string of the molecule is CCOc1ccccc1-n1nnc(C=O)c1C(C)C. The lowest BCUT2D eigenvalue weighted by Gasteiger charge is -2.13. The van der Waals surface area contributed by atoms with Gasteiger partial charge >= 0.3 is 0 Å². The summed E-state index contributed by atoms with van der Waals surface area (Å²) in [5, 5.41) is 8.00. The number of para-hydroxylation sites is 2. The van der Waals surface area contributed by atoms with Gasteiger partial charge in [-0.05, 0) is 25.0 Å². The number of nitrogens with zero attached hydrogens (tertiary/aromatic N) is 3. The molecule has 1 aromatic heterocycles. The zero-order valence-corrected chi connectivity index (χ0v) is 11.3. The zero-order chi connectivity index (χ0) is 13.8. The predicted molar refractivity (Wildman–Crippen MR) is 72.0 cm³/mol. The van der Waals surface area contributed by atoms with Gasteiger partial charge in [0.1, 0.15) is 17.1 Å². The van der Waals surface area contributed by atoms with E-state index in [9.17, 15) is 4.79 Å². The van der Waals surface area contributed by atoms with Crippen LogP contribution in [0.2, 0.25) is 0 Å². The fourth-order valence-corrected chi connectivity index (χ4v) is 2.01. The van der Waals surface area contributed by atoms with Crippen LogP contribution in [-0.4, -0.2) is 27.9 Å². The van der Waals surface area contributed by atoms with Crippen LogP contribution in [-0.2, 0) is 0 Å². The molecule has 0 unspecified atom stereocenters. The molecule has 0 saturated heterocycles. The highest BCUT2D eigenvalue weighted by Crippen LogP contribution is 2.26. The summed E-state index contributed by atoms with van der Waals surface area (Å²) in [5.74, 6) is 0.874. The summed E-state index contributed by atoms with van der Waals surface area (Å²) in [6.07, 6.45) is 0.738. The first-order chi connectivity index (χ1) is 9.19. The van der Waals surface area contributed by atoms with E-state index in [1.54, 1.807) is 4.68 Å². The van der Waals surface area contributed by atoms with Gasteiger partial charge in [-0.2, -0.15) is 0 Å². The highest BCUT2D eigenvalue weighted by Gasteiger charge is 2.18. The van der Waals surface area contributed by atoms with Crippen molar-refractivity contribution in [1.29, 1.82) is 0 Å². The molecule has 1 aromatic carbocycles. The largest absolute Gasteiger partial charge is 0.492 e. The van der Waals surface area contributed by atoms with Crippen LogP contribution in [0.15, 0.2) is 24.3 Å². The van der Waals surface area contributed by atoms with Gasteiger partial charge in [-0.15, -0.1) is 5.10 Å². The summed E-state index contributed by atoms with van der Waals surface area (Å²) >= 11 is 0. The van der Waals surface area contributed by atoms with E-state index in [-0.39, 0.29) is 5.92 Å². The molecule has 0 aliphatic carbocycles. The molecule has 0 radical (unpaired) electrons. The molecular formula is C14H17N3O2. The summed E-state index contributed by atoms with van der Waals surface area (Å²) in [6.45, 7) is 6.51. The van der Waals surface area contributed by atoms with Crippen LogP contribution >= 0.6 is 0 Å². The summed E-state index contributed by atoms with van der Waals surface area (Å²) in [4.78, 5) is 11.0. The number of carbonyl (C=O) groups excluding carboxylic acids is 1. The van der Waals surface area contributed by atoms with Crippen molar-refractivity contribution in [2.45, 2.75) is 26.7 Å². The minimum atomic E-state index is 0.143. The maximum absolute atomic E-state index is 11.0. The number of rotatable bonds is 5. The van der Waals surface area contributed by atoms with Gasteiger partial charge in [0.15, 0.2) is 6.29 Å². The average Bonchev–Trinajstić information content (AvgIpc) is 2.83. The van der Waals surface area contributed by atoms with E-state index in [1.807, 2.05) is 45.0 Å². The lowest BCUT2D eigenvalue weighted by molar-refractivity contribution is 0.111. The van der Waals surface area contributed by atoms with Gasteiger partial charge in [0.25, 0.3) is 0 Å². The highest BCUT2D eigenvalue weighted by atomic mass is 16.5. The van der Waals surface area contributed by atoms with E-state index >= 15 is 0 Å². The van der Waals surface area contributed by atoms with Crippen LogP contribution < -0.4 is 4.74 Å². The van der Waals surface area contributed by atoms with E-state index in [2.05, 4.69) is 10.3 Å². The van der Waals surface area contributed by atoms with E-state index in [4.69, 9.17) is 4.74 Å². The molecular weight excluding hydrogens is 242 g/mol. The molecule has 0 bridgehead atoms. The van der Waals surface area contributed by atoms with Crippen LogP contribution in [0.5, 0.6) is 5.75 Å². The summed E-state index contributed by atoms with van der Waals surface area (Å²) in [6, 6.07) is 7.59. The molecule has 19 heavy (non-hydrogen) atoms. The normalized spacial score (nSPS) is 10.7. The third kappa shape index (κ3) is 2.50. The second kappa shape index (κ2) is 5.65. The molecule has 0 aliphatic rings. The molecule has 1 heterocycles. The third-order valence-electron chi connectivity index (χ3n) is 2.78. The Morgan fingerprint density at radius 2 is 2.11 bits per heavy atom. The van der Waals surface area contributed by atoms with Gasteiger partial charge in [0.05, 0.1) is 12.3 Å². The summed E-state index contributed by atoms with van der Waals surface area (Å²) in [7, 11) is 0. The van der Waals surface area contributed by atoms with Crippen molar-refractivity contribution in [1.82, 2.24) is 15.0 Å². The first kappa shape index (κ1) is 13.3. The van der Waals surface area contributed by atoms with Gasteiger partial charge in [0.2, 0.25) is 0 Å². The second-order valence-corrected chi connectivity index (χ2v) is 4.45. The maximum atomic E-state index is 11.0. The average molecular weight is 259 g/mol. The molecule has 2 aromatic rings. The van der Waals surface area contributed by atoms with Crippen molar-refractivity contribution < 1.29 is 9.53 Å². The molecule has 0 N–H and O–H groups in total. The molecule has 5 nitrogen and oxygen atoms in total. The van der Waals surface area contributed by atoms with Gasteiger partial charge in [-0.25, -0.2) is 4.68 Å². The quantitative estimate of drug-likeness (QED) is 0.774. The van der Waals surface area contributed by atoms with Crippen LogP contribution in [0.25, 0.3) is 5.69 Å². The molecule has 0 fully saturated rings. The molecule has 100 valence electrons. The van der Waals surface area contributed by atoms with E-state index in [0.717, 1.165) is 23.4 Å². The van der Waals surface area contributed by atoms with Crippen LogP contribution in [0.3, 0.4) is 0 Å².